The van der Waals surface area contributed by atoms with Crippen molar-refractivity contribution in [2.45, 2.75) is 12.3 Å². The van der Waals surface area contributed by atoms with Crippen LogP contribution in [0.3, 0.4) is 0 Å². The highest BCUT2D eigenvalue weighted by Crippen LogP contribution is 2.39. The highest BCUT2D eigenvalue weighted by Gasteiger charge is 2.32. The third kappa shape index (κ3) is 3.08. The number of hydrogen-bond donors (Lipinski definition) is 0. The molecule has 130 valence electrons. The summed E-state index contributed by atoms with van der Waals surface area (Å²) in [6.07, 6.45) is -5.05. The second-order valence-electron chi connectivity index (χ2n) is 5.96. The average Bonchev–Trinajstić information content (AvgIpc) is 2.67. The predicted octanol–water partition coefficient (Wildman–Crippen LogP) is 5.90. The molecule has 0 bridgehead atoms. The number of nitrogens with zero attached hydrogens (tertiary/aromatic N) is 1. The van der Waals surface area contributed by atoms with Crippen molar-refractivity contribution in [2.24, 2.45) is 4.99 Å². The van der Waals surface area contributed by atoms with E-state index >= 15 is 0 Å². The fourth-order valence-electron chi connectivity index (χ4n) is 2.96. The number of benzene rings is 3. The van der Waals surface area contributed by atoms with Crippen molar-refractivity contribution in [3.63, 3.8) is 0 Å². The smallest absolute Gasteiger partial charge is 0.416 e. The van der Waals surface area contributed by atoms with Crippen molar-refractivity contribution >= 4 is 11.6 Å². The molecule has 3 aromatic carbocycles. The molecule has 0 radical (unpaired) electrons. The van der Waals surface area contributed by atoms with Gasteiger partial charge in [0.2, 0.25) is 5.90 Å². The van der Waals surface area contributed by atoms with Crippen molar-refractivity contribution < 1.29 is 17.9 Å². The van der Waals surface area contributed by atoms with Gasteiger partial charge in [-0.1, -0.05) is 48.5 Å². The summed E-state index contributed by atoms with van der Waals surface area (Å²) >= 11 is 0. The number of alkyl halides is 3. The minimum absolute atomic E-state index is 0.395. The summed E-state index contributed by atoms with van der Waals surface area (Å²) in [5, 5.41) is 0. The molecular formula is C21H14F3NO. The lowest BCUT2D eigenvalue weighted by Crippen LogP contribution is -2.18. The van der Waals surface area contributed by atoms with Gasteiger partial charge in [-0.3, -0.25) is 0 Å². The van der Waals surface area contributed by atoms with Crippen LogP contribution >= 0.6 is 0 Å². The van der Waals surface area contributed by atoms with E-state index in [1.165, 1.54) is 6.07 Å². The Balaban J connectivity index is 1.81. The highest BCUT2D eigenvalue weighted by molar-refractivity contribution is 5.97. The lowest BCUT2D eigenvalue weighted by molar-refractivity contribution is -0.137. The second-order valence-corrected chi connectivity index (χ2v) is 5.96. The van der Waals surface area contributed by atoms with Crippen LogP contribution in [0, 0.1) is 0 Å². The zero-order valence-electron chi connectivity index (χ0n) is 13.6. The average molecular weight is 353 g/mol. The molecule has 3 aromatic rings. The summed E-state index contributed by atoms with van der Waals surface area (Å²) in [5.74, 6) is 0.395. The van der Waals surface area contributed by atoms with Gasteiger partial charge >= 0.3 is 6.18 Å². The standard InChI is InChI=1S/C21H14F3NO/c22-21(23,24)16-10-6-9-15(13-16)19-17-11-4-5-12-18(17)25-20(26-19)14-7-2-1-3-8-14/h1-13,19H. The molecule has 0 aliphatic carbocycles. The Kier molecular flexibility index (Phi) is 3.99. The van der Waals surface area contributed by atoms with Crippen LogP contribution < -0.4 is 0 Å². The zero-order valence-corrected chi connectivity index (χ0v) is 13.6. The molecule has 5 heteroatoms. The molecule has 1 atom stereocenters. The van der Waals surface area contributed by atoms with Crippen LogP contribution in [0.1, 0.15) is 28.4 Å². The molecule has 0 spiro atoms. The summed E-state index contributed by atoms with van der Waals surface area (Å²) in [6.45, 7) is 0. The minimum Gasteiger partial charge on any atom is -0.464 e. The van der Waals surface area contributed by atoms with Gasteiger partial charge in [0.15, 0.2) is 6.10 Å². The fourth-order valence-corrected chi connectivity index (χ4v) is 2.96. The molecule has 1 aliphatic heterocycles. The molecule has 0 aromatic heterocycles. The largest absolute Gasteiger partial charge is 0.464 e. The Labute approximate surface area is 148 Å². The van der Waals surface area contributed by atoms with E-state index in [1.807, 2.05) is 54.6 Å². The van der Waals surface area contributed by atoms with E-state index in [9.17, 15) is 13.2 Å². The molecule has 0 saturated carbocycles. The van der Waals surface area contributed by atoms with Crippen LogP contribution in [0.5, 0.6) is 0 Å². The molecule has 1 heterocycles. The van der Waals surface area contributed by atoms with E-state index in [1.54, 1.807) is 6.07 Å². The zero-order chi connectivity index (χ0) is 18.1. The topological polar surface area (TPSA) is 21.6 Å². The van der Waals surface area contributed by atoms with Crippen LogP contribution in [0.2, 0.25) is 0 Å². The molecular weight excluding hydrogens is 339 g/mol. The van der Waals surface area contributed by atoms with Gasteiger partial charge < -0.3 is 4.74 Å². The molecule has 0 N–H and O–H groups in total. The molecule has 2 nitrogen and oxygen atoms in total. The van der Waals surface area contributed by atoms with Gasteiger partial charge in [0.25, 0.3) is 0 Å². The summed E-state index contributed by atoms with van der Waals surface area (Å²) in [5.41, 5.74) is 1.96. The quantitative estimate of drug-likeness (QED) is 0.562. The summed E-state index contributed by atoms with van der Waals surface area (Å²) in [4.78, 5) is 4.53. The molecule has 0 fully saturated rings. The maximum absolute atomic E-state index is 13.1. The Hall–Kier alpha value is -3.08. The van der Waals surface area contributed by atoms with Crippen molar-refractivity contribution in [1.29, 1.82) is 0 Å². The van der Waals surface area contributed by atoms with Gasteiger partial charge in [0.05, 0.1) is 11.3 Å². The lowest BCUT2D eigenvalue weighted by atomic mass is 9.97. The monoisotopic (exact) mass is 353 g/mol. The number of rotatable bonds is 2. The predicted molar refractivity (Wildman–Crippen MR) is 93.5 cm³/mol. The highest BCUT2D eigenvalue weighted by atomic mass is 19.4. The van der Waals surface area contributed by atoms with Gasteiger partial charge in [0, 0.05) is 11.1 Å². The first-order valence-corrected chi connectivity index (χ1v) is 8.09. The Bertz CT molecular complexity index is 964. The molecule has 4 rings (SSSR count). The normalized spacial score (nSPS) is 16.4. The van der Waals surface area contributed by atoms with Gasteiger partial charge in [-0.05, 0) is 35.9 Å². The summed E-state index contributed by atoms with van der Waals surface area (Å²) < 4.78 is 45.4. The first-order valence-electron chi connectivity index (χ1n) is 8.09. The van der Waals surface area contributed by atoms with Gasteiger partial charge in [-0.15, -0.1) is 0 Å². The van der Waals surface area contributed by atoms with Crippen LogP contribution in [-0.2, 0) is 10.9 Å². The van der Waals surface area contributed by atoms with Gasteiger partial charge in [-0.25, -0.2) is 4.99 Å². The third-order valence-electron chi connectivity index (χ3n) is 4.21. The summed E-state index contributed by atoms with van der Waals surface area (Å²) in [7, 11) is 0. The Morgan fingerprint density at radius 3 is 2.31 bits per heavy atom. The van der Waals surface area contributed by atoms with Crippen molar-refractivity contribution in [3.05, 3.63) is 101 Å². The number of para-hydroxylation sites is 1. The van der Waals surface area contributed by atoms with Gasteiger partial charge in [0.1, 0.15) is 0 Å². The van der Waals surface area contributed by atoms with Gasteiger partial charge in [-0.2, -0.15) is 13.2 Å². The first kappa shape index (κ1) is 16.4. The van der Waals surface area contributed by atoms with E-state index in [2.05, 4.69) is 4.99 Å². The number of hydrogen-bond acceptors (Lipinski definition) is 2. The molecule has 1 unspecified atom stereocenters. The first-order chi connectivity index (χ1) is 12.5. The number of aliphatic imine (C=N–C) groups is 1. The molecule has 0 saturated heterocycles. The second kappa shape index (κ2) is 6.33. The summed E-state index contributed by atoms with van der Waals surface area (Å²) in [6, 6.07) is 21.9. The van der Waals surface area contributed by atoms with Crippen LogP contribution in [0.4, 0.5) is 18.9 Å². The van der Waals surface area contributed by atoms with E-state index in [0.29, 0.717) is 17.1 Å². The third-order valence-corrected chi connectivity index (χ3v) is 4.21. The molecule has 1 aliphatic rings. The van der Waals surface area contributed by atoms with Crippen molar-refractivity contribution in [2.75, 3.05) is 0 Å². The maximum atomic E-state index is 13.1. The van der Waals surface area contributed by atoms with E-state index in [-0.39, 0.29) is 0 Å². The number of fused-ring (bicyclic) bond motifs is 1. The fraction of sp³-hybridized carbons (Fsp3) is 0.0952. The molecule has 0 amide bonds. The number of halogens is 3. The van der Waals surface area contributed by atoms with Crippen LogP contribution in [0.15, 0.2) is 83.9 Å². The number of ether oxygens (including phenoxy) is 1. The Morgan fingerprint density at radius 2 is 1.54 bits per heavy atom. The minimum atomic E-state index is -4.40. The van der Waals surface area contributed by atoms with E-state index in [4.69, 9.17) is 4.74 Å². The van der Waals surface area contributed by atoms with Crippen molar-refractivity contribution in [3.8, 4) is 0 Å². The molecule has 26 heavy (non-hydrogen) atoms. The van der Waals surface area contributed by atoms with Crippen LogP contribution in [-0.4, -0.2) is 5.90 Å². The maximum Gasteiger partial charge on any atom is 0.416 e. The van der Waals surface area contributed by atoms with E-state index in [0.717, 1.165) is 23.3 Å². The lowest BCUT2D eigenvalue weighted by Gasteiger charge is -2.27. The van der Waals surface area contributed by atoms with E-state index < -0.39 is 17.8 Å². The SMILES string of the molecule is FC(F)(F)c1cccc(C2OC(c3ccccc3)=Nc3ccccc32)c1. The Morgan fingerprint density at radius 1 is 0.808 bits per heavy atom. The van der Waals surface area contributed by atoms with Crippen molar-refractivity contribution in [1.82, 2.24) is 0 Å². The van der Waals surface area contributed by atoms with Crippen LogP contribution in [0.25, 0.3) is 0 Å².